The van der Waals surface area contributed by atoms with E-state index >= 15 is 0 Å². The zero-order chi connectivity index (χ0) is 14.4. The van der Waals surface area contributed by atoms with Crippen molar-refractivity contribution in [2.75, 3.05) is 21.3 Å². The Bertz CT molecular complexity index is 512. The van der Waals surface area contributed by atoms with Crippen LogP contribution in [0.3, 0.4) is 0 Å². The second kappa shape index (κ2) is 7.50. The summed E-state index contributed by atoms with van der Waals surface area (Å²) in [7, 11) is 5.20. The number of benzene rings is 1. The van der Waals surface area contributed by atoms with Crippen LogP contribution in [0.2, 0.25) is 0 Å². The second-order valence-corrected chi connectivity index (χ2v) is 5.37. The number of hydrogen-bond acceptors (Lipinski definition) is 5. The molecule has 1 aromatic carbocycles. The lowest BCUT2D eigenvalue weighted by atomic mass is 10.2. The fraction of sp³-hybridized carbons (Fsp3) is 0.400. The van der Waals surface area contributed by atoms with Gasteiger partial charge in [0.25, 0.3) is 0 Å². The van der Waals surface area contributed by atoms with Gasteiger partial charge in [-0.05, 0) is 7.05 Å². The highest BCUT2D eigenvalue weighted by atomic mass is 32.1. The van der Waals surface area contributed by atoms with Crippen LogP contribution in [-0.4, -0.2) is 38.6 Å². The number of nitrogens with zero attached hydrogens (tertiary/aromatic N) is 1. The lowest BCUT2D eigenvalue weighted by Gasteiger charge is -2.23. The lowest BCUT2D eigenvalue weighted by molar-refractivity contribution is -0.121. The van der Waals surface area contributed by atoms with Crippen LogP contribution < -0.4 is 5.32 Å². The maximum Gasteiger partial charge on any atom is 0.172 e. The number of likely N-dealkylation sites (N-methyl/N-ethyl adjacent to an activating group) is 1. The van der Waals surface area contributed by atoms with E-state index in [1.807, 2.05) is 25.2 Å². The van der Waals surface area contributed by atoms with Crippen molar-refractivity contribution in [2.24, 2.45) is 0 Å². The first-order chi connectivity index (χ1) is 9.78. The maximum absolute atomic E-state index is 5.31. The Kier molecular flexibility index (Phi) is 5.67. The molecular formula is C15H20N2O2S. The third-order valence-corrected chi connectivity index (χ3v) is 4.05. The molecule has 0 aliphatic heterocycles. The van der Waals surface area contributed by atoms with E-state index < -0.39 is 0 Å². The molecule has 4 nitrogen and oxygen atoms in total. The summed E-state index contributed by atoms with van der Waals surface area (Å²) in [6.07, 6.45) is 0.504. The first kappa shape index (κ1) is 15.1. The van der Waals surface area contributed by atoms with Gasteiger partial charge >= 0.3 is 0 Å². The molecule has 108 valence electrons. The minimum atomic E-state index is -0.274. The van der Waals surface area contributed by atoms with Gasteiger partial charge in [-0.2, -0.15) is 0 Å². The van der Waals surface area contributed by atoms with Gasteiger partial charge in [0.15, 0.2) is 6.29 Å². The number of hydrogen-bond donors (Lipinski definition) is 1. The van der Waals surface area contributed by atoms with E-state index in [0.29, 0.717) is 0 Å². The average Bonchev–Trinajstić information content (AvgIpc) is 2.97. The van der Waals surface area contributed by atoms with Crippen molar-refractivity contribution < 1.29 is 9.47 Å². The van der Waals surface area contributed by atoms with Gasteiger partial charge < -0.3 is 14.8 Å². The molecule has 0 saturated heterocycles. The summed E-state index contributed by atoms with van der Waals surface area (Å²) < 4.78 is 10.6. The summed E-state index contributed by atoms with van der Waals surface area (Å²) in [6, 6.07) is 10.3. The van der Waals surface area contributed by atoms with Crippen LogP contribution in [0.15, 0.2) is 35.7 Å². The van der Waals surface area contributed by atoms with Crippen molar-refractivity contribution in [3.63, 3.8) is 0 Å². The van der Waals surface area contributed by atoms with Crippen molar-refractivity contribution in [1.82, 2.24) is 10.3 Å². The molecule has 1 unspecified atom stereocenters. The van der Waals surface area contributed by atoms with Crippen molar-refractivity contribution in [1.29, 1.82) is 0 Å². The van der Waals surface area contributed by atoms with Gasteiger partial charge in [-0.3, -0.25) is 0 Å². The summed E-state index contributed by atoms with van der Waals surface area (Å²) in [5, 5.41) is 6.38. The zero-order valence-electron chi connectivity index (χ0n) is 12.0. The number of methoxy groups -OCH3 is 2. The molecule has 2 rings (SSSR count). The van der Waals surface area contributed by atoms with Gasteiger partial charge in [0, 0.05) is 31.6 Å². The predicted molar refractivity (Wildman–Crippen MR) is 81.9 cm³/mol. The van der Waals surface area contributed by atoms with Gasteiger partial charge in [0.2, 0.25) is 0 Å². The fourth-order valence-corrected chi connectivity index (χ4v) is 2.96. The Hall–Kier alpha value is -1.27. The van der Waals surface area contributed by atoms with Crippen molar-refractivity contribution in [3.8, 4) is 11.3 Å². The van der Waals surface area contributed by atoms with E-state index in [0.717, 1.165) is 22.7 Å². The van der Waals surface area contributed by atoms with Crippen LogP contribution in [0.25, 0.3) is 11.3 Å². The molecular weight excluding hydrogens is 272 g/mol. The maximum atomic E-state index is 5.31. The average molecular weight is 292 g/mol. The van der Waals surface area contributed by atoms with E-state index in [1.165, 1.54) is 0 Å². The summed E-state index contributed by atoms with van der Waals surface area (Å²) in [6.45, 7) is 0. The Balaban J connectivity index is 2.09. The number of ether oxygens (including phenoxy) is 2. The first-order valence-corrected chi connectivity index (χ1v) is 7.39. The number of nitrogens with one attached hydrogen (secondary N) is 1. The van der Waals surface area contributed by atoms with Gasteiger partial charge in [-0.25, -0.2) is 4.98 Å². The van der Waals surface area contributed by atoms with E-state index in [2.05, 4.69) is 27.8 Å². The van der Waals surface area contributed by atoms with Crippen LogP contribution >= 0.6 is 11.3 Å². The third-order valence-electron chi connectivity index (χ3n) is 3.18. The van der Waals surface area contributed by atoms with E-state index in [1.54, 1.807) is 25.6 Å². The molecule has 1 atom stereocenters. The molecule has 1 aromatic heterocycles. The van der Waals surface area contributed by atoms with E-state index in [9.17, 15) is 0 Å². The predicted octanol–water partition coefficient (Wildman–Crippen LogP) is 2.56. The van der Waals surface area contributed by atoms with Crippen LogP contribution in [0.5, 0.6) is 0 Å². The molecule has 1 N–H and O–H groups in total. The summed E-state index contributed by atoms with van der Waals surface area (Å²) in [4.78, 5) is 4.69. The molecule has 0 aliphatic rings. The van der Waals surface area contributed by atoms with Crippen LogP contribution in [0.1, 0.15) is 5.01 Å². The van der Waals surface area contributed by atoms with Gasteiger partial charge in [-0.15, -0.1) is 11.3 Å². The van der Waals surface area contributed by atoms with Crippen molar-refractivity contribution in [3.05, 3.63) is 40.7 Å². The quantitative estimate of drug-likeness (QED) is 0.797. The minimum Gasteiger partial charge on any atom is -0.354 e. The Morgan fingerprint density at radius 3 is 2.50 bits per heavy atom. The standard InChI is InChI=1S/C15H20N2O2S/c1-16-12(15(18-2)19-3)9-14-17-13(10-20-14)11-7-5-4-6-8-11/h4-8,10,12,15-16H,9H2,1-3H3. The SMILES string of the molecule is CNC(Cc1nc(-c2ccccc2)cs1)C(OC)OC. The van der Waals surface area contributed by atoms with E-state index in [4.69, 9.17) is 9.47 Å². The Morgan fingerprint density at radius 2 is 1.90 bits per heavy atom. The number of thiazole rings is 1. The largest absolute Gasteiger partial charge is 0.354 e. The third kappa shape index (κ3) is 3.64. The summed E-state index contributed by atoms with van der Waals surface area (Å²) >= 11 is 1.66. The molecule has 1 heterocycles. The van der Waals surface area contributed by atoms with Crippen molar-refractivity contribution in [2.45, 2.75) is 18.8 Å². The molecule has 2 aromatic rings. The van der Waals surface area contributed by atoms with Crippen molar-refractivity contribution >= 4 is 11.3 Å². The van der Waals surface area contributed by atoms with Gasteiger partial charge in [-0.1, -0.05) is 30.3 Å². The molecule has 0 amide bonds. The Morgan fingerprint density at radius 1 is 1.20 bits per heavy atom. The molecule has 5 heteroatoms. The van der Waals surface area contributed by atoms with Crippen LogP contribution in [-0.2, 0) is 15.9 Å². The monoisotopic (exact) mass is 292 g/mol. The summed E-state index contributed by atoms with van der Waals surface area (Å²) in [5.74, 6) is 0. The Labute approximate surface area is 123 Å². The fourth-order valence-electron chi connectivity index (χ4n) is 2.09. The highest BCUT2D eigenvalue weighted by Crippen LogP contribution is 2.22. The minimum absolute atomic E-state index is 0.0831. The van der Waals surface area contributed by atoms with E-state index in [-0.39, 0.29) is 12.3 Å². The summed E-state index contributed by atoms with van der Waals surface area (Å²) in [5.41, 5.74) is 2.16. The normalized spacial score (nSPS) is 12.8. The second-order valence-electron chi connectivity index (χ2n) is 4.43. The van der Waals surface area contributed by atoms with Crippen LogP contribution in [0, 0.1) is 0 Å². The van der Waals surface area contributed by atoms with Crippen LogP contribution in [0.4, 0.5) is 0 Å². The molecule has 0 bridgehead atoms. The zero-order valence-corrected chi connectivity index (χ0v) is 12.8. The number of rotatable bonds is 7. The number of aromatic nitrogens is 1. The first-order valence-electron chi connectivity index (χ1n) is 6.51. The molecule has 0 radical (unpaired) electrons. The highest BCUT2D eigenvalue weighted by Gasteiger charge is 2.21. The topological polar surface area (TPSA) is 43.4 Å². The van der Waals surface area contributed by atoms with Gasteiger partial charge in [0.1, 0.15) is 0 Å². The smallest absolute Gasteiger partial charge is 0.172 e. The molecule has 0 saturated carbocycles. The molecule has 0 fully saturated rings. The molecule has 0 aliphatic carbocycles. The lowest BCUT2D eigenvalue weighted by Crippen LogP contribution is -2.41. The van der Waals surface area contributed by atoms with Gasteiger partial charge in [0.05, 0.1) is 16.7 Å². The molecule has 20 heavy (non-hydrogen) atoms. The molecule has 0 spiro atoms. The highest BCUT2D eigenvalue weighted by molar-refractivity contribution is 7.09.